The van der Waals surface area contributed by atoms with E-state index in [2.05, 4.69) is 13.8 Å². The van der Waals surface area contributed by atoms with E-state index in [0.717, 1.165) is 30.9 Å². The first-order chi connectivity index (χ1) is 6.66. The standard InChI is InChI=1S/C10H20N2OS/c1-3-14-7-8(2)12-6-4-5-9(11)10(12)13/h8-9H,3-7,11H2,1-2H3. The summed E-state index contributed by atoms with van der Waals surface area (Å²) in [6.45, 7) is 5.14. The third kappa shape index (κ3) is 2.89. The Morgan fingerprint density at radius 2 is 2.43 bits per heavy atom. The molecule has 1 aliphatic heterocycles. The summed E-state index contributed by atoms with van der Waals surface area (Å²) in [6.07, 6.45) is 1.90. The van der Waals surface area contributed by atoms with E-state index in [1.165, 1.54) is 0 Å². The van der Waals surface area contributed by atoms with Crippen molar-refractivity contribution in [1.82, 2.24) is 4.90 Å². The molecule has 2 N–H and O–H groups in total. The van der Waals surface area contributed by atoms with Crippen molar-refractivity contribution >= 4 is 17.7 Å². The van der Waals surface area contributed by atoms with Gasteiger partial charge in [0.05, 0.1) is 6.04 Å². The number of hydrogen-bond acceptors (Lipinski definition) is 3. The Bertz CT molecular complexity index is 199. The van der Waals surface area contributed by atoms with Crippen molar-refractivity contribution in [3.63, 3.8) is 0 Å². The number of nitrogens with zero attached hydrogens (tertiary/aromatic N) is 1. The molecule has 4 heteroatoms. The van der Waals surface area contributed by atoms with Crippen LogP contribution in [0.4, 0.5) is 0 Å². The highest BCUT2D eigenvalue weighted by molar-refractivity contribution is 7.99. The van der Waals surface area contributed by atoms with Gasteiger partial charge in [-0.2, -0.15) is 11.8 Å². The van der Waals surface area contributed by atoms with Crippen LogP contribution in [-0.2, 0) is 4.79 Å². The maximum absolute atomic E-state index is 11.7. The van der Waals surface area contributed by atoms with E-state index in [1.54, 1.807) is 0 Å². The molecular weight excluding hydrogens is 196 g/mol. The van der Waals surface area contributed by atoms with Crippen LogP contribution in [0.2, 0.25) is 0 Å². The number of rotatable bonds is 4. The van der Waals surface area contributed by atoms with E-state index in [4.69, 9.17) is 5.73 Å². The number of thioether (sulfide) groups is 1. The van der Waals surface area contributed by atoms with Crippen LogP contribution in [-0.4, -0.2) is 40.9 Å². The fourth-order valence-corrected chi connectivity index (χ4v) is 2.50. The number of carbonyl (C=O) groups excluding carboxylic acids is 1. The molecule has 82 valence electrons. The van der Waals surface area contributed by atoms with Gasteiger partial charge in [0, 0.05) is 18.3 Å². The number of amides is 1. The van der Waals surface area contributed by atoms with Crippen LogP contribution < -0.4 is 5.73 Å². The minimum atomic E-state index is -0.252. The van der Waals surface area contributed by atoms with Crippen molar-refractivity contribution in [1.29, 1.82) is 0 Å². The smallest absolute Gasteiger partial charge is 0.239 e. The van der Waals surface area contributed by atoms with Gasteiger partial charge in [0.1, 0.15) is 0 Å². The maximum atomic E-state index is 11.7. The zero-order valence-electron chi connectivity index (χ0n) is 9.03. The van der Waals surface area contributed by atoms with Crippen molar-refractivity contribution in [2.45, 2.75) is 38.8 Å². The summed E-state index contributed by atoms with van der Waals surface area (Å²) in [6, 6.07) is 0.0802. The molecule has 2 unspecified atom stereocenters. The molecule has 1 saturated heterocycles. The minimum absolute atomic E-state index is 0.139. The molecule has 1 amide bonds. The molecule has 0 radical (unpaired) electrons. The molecule has 0 aromatic carbocycles. The van der Waals surface area contributed by atoms with Gasteiger partial charge in [0.25, 0.3) is 0 Å². The van der Waals surface area contributed by atoms with Crippen molar-refractivity contribution in [3.05, 3.63) is 0 Å². The number of likely N-dealkylation sites (tertiary alicyclic amines) is 1. The van der Waals surface area contributed by atoms with Crippen LogP contribution in [0.25, 0.3) is 0 Å². The van der Waals surface area contributed by atoms with E-state index in [9.17, 15) is 4.79 Å². The third-order valence-electron chi connectivity index (χ3n) is 2.61. The van der Waals surface area contributed by atoms with Gasteiger partial charge >= 0.3 is 0 Å². The van der Waals surface area contributed by atoms with Crippen LogP contribution >= 0.6 is 11.8 Å². The fourth-order valence-electron chi connectivity index (χ4n) is 1.74. The highest BCUT2D eigenvalue weighted by atomic mass is 32.2. The normalized spacial score (nSPS) is 25.2. The average Bonchev–Trinajstić information content (AvgIpc) is 2.18. The lowest BCUT2D eigenvalue weighted by Crippen LogP contribution is -2.52. The summed E-state index contributed by atoms with van der Waals surface area (Å²) in [7, 11) is 0. The van der Waals surface area contributed by atoms with Crippen LogP contribution in [0.15, 0.2) is 0 Å². The van der Waals surface area contributed by atoms with Gasteiger partial charge in [0.15, 0.2) is 0 Å². The molecule has 0 aromatic rings. The summed E-state index contributed by atoms with van der Waals surface area (Å²) < 4.78 is 0. The van der Waals surface area contributed by atoms with Crippen molar-refractivity contribution in [2.75, 3.05) is 18.1 Å². The second-order valence-corrected chi connectivity index (χ2v) is 5.11. The van der Waals surface area contributed by atoms with Gasteiger partial charge in [-0.05, 0) is 25.5 Å². The molecule has 0 spiro atoms. The molecule has 1 aliphatic rings. The molecule has 14 heavy (non-hydrogen) atoms. The molecule has 3 nitrogen and oxygen atoms in total. The number of hydrogen-bond donors (Lipinski definition) is 1. The van der Waals surface area contributed by atoms with Gasteiger partial charge < -0.3 is 10.6 Å². The molecule has 1 rings (SSSR count). The van der Waals surface area contributed by atoms with Gasteiger partial charge in [-0.3, -0.25) is 4.79 Å². The molecule has 0 aromatic heterocycles. The molecule has 0 bridgehead atoms. The maximum Gasteiger partial charge on any atom is 0.239 e. The van der Waals surface area contributed by atoms with Crippen molar-refractivity contribution < 1.29 is 4.79 Å². The highest BCUT2D eigenvalue weighted by Gasteiger charge is 2.28. The van der Waals surface area contributed by atoms with Crippen LogP contribution in [0.3, 0.4) is 0 Å². The second-order valence-electron chi connectivity index (χ2n) is 3.79. The zero-order valence-corrected chi connectivity index (χ0v) is 9.85. The molecule has 2 atom stereocenters. The topological polar surface area (TPSA) is 46.3 Å². The summed E-state index contributed by atoms with van der Waals surface area (Å²) in [5.74, 6) is 2.27. The Balaban J connectivity index is 2.44. The Hall–Kier alpha value is -0.220. The van der Waals surface area contributed by atoms with Crippen LogP contribution in [0.5, 0.6) is 0 Å². The summed E-state index contributed by atoms with van der Waals surface area (Å²) in [5.41, 5.74) is 5.74. The van der Waals surface area contributed by atoms with Crippen LogP contribution in [0.1, 0.15) is 26.7 Å². The second kappa shape index (κ2) is 5.61. The lowest BCUT2D eigenvalue weighted by atomic mass is 10.0. The van der Waals surface area contributed by atoms with E-state index in [-0.39, 0.29) is 11.9 Å². The average molecular weight is 216 g/mol. The van der Waals surface area contributed by atoms with Gasteiger partial charge in [-0.1, -0.05) is 6.92 Å². The zero-order chi connectivity index (χ0) is 10.6. The quantitative estimate of drug-likeness (QED) is 0.765. The minimum Gasteiger partial charge on any atom is -0.338 e. The predicted octanol–water partition coefficient (Wildman–Crippen LogP) is 1.08. The monoisotopic (exact) mass is 216 g/mol. The largest absolute Gasteiger partial charge is 0.338 e. The number of nitrogens with two attached hydrogens (primary N) is 1. The molecule has 0 aliphatic carbocycles. The molecule has 0 saturated carbocycles. The Morgan fingerprint density at radius 3 is 3.07 bits per heavy atom. The van der Waals surface area contributed by atoms with Crippen molar-refractivity contribution in [2.24, 2.45) is 5.73 Å². The lowest BCUT2D eigenvalue weighted by Gasteiger charge is -2.35. The first kappa shape index (κ1) is 11.9. The Labute approximate surface area is 90.4 Å². The van der Waals surface area contributed by atoms with Gasteiger partial charge in [0.2, 0.25) is 5.91 Å². The predicted molar refractivity (Wildman–Crippen MR) is 61.4 cm³/mol. The number of piperidine rings is 1. The third-order valence-corrected chi connectivity index (χ3v) is 3.74. The highest BCUT2D eigenvalue weighted by Crippen LogP contribution is 2.16. The first-order valence-electron chi connectivity index (χ1n) is 5.30. The van der Waals surface area contributed by atoms with Gasteiger partial charge in [-0.25, -0.2) is 0 Å². The Morgan fingerprint density at radius 1 is 1.71 bits per heavy atom. The Kier molecular flexibility index (Phi) is 4.75. The fraction of sp³-hybridized carbons (Fsp3) is 0.900. The van der Waals surface area contributed by atoms with Crippen molar-refractivity contribution in [3.8, 4) is 0 Å². The lowest BCUT2D eigenvalue weighted by molar-refractivity contribution is -0.136. The van der Waals surface area contributed by atoms with E-state index in [0.29, 0.717) is 6.04 Å². The number of carbonyl (C=O) groups is 1. The van der Waals surface area contributed by atoms with E-state index in [1.807, 2.05) is 16.7 Å². The molecular formula is C10H20N2OS. The van der Waals surface area contributed by atoms with E-state index >= 15 is 0 Å². The van der Waals surface area contributed by atoms with E-state index < -0.39 is 0 Å². The summed E-state index contributed by atoms with van der Waals surface area (Å²) >= 11 is 1.88. The molecule has 1 fully saturated rings. The summed E-state index contributed by atoms with van der Waals surface area (Å²) in [4.78, 5) is 13.7. The first-order valence-corrected chi connectivity index (χ1v) is 6.46. The van der Waals surface area contributed by atoms with Gasteiger partial charge in [-0.15, -0.1) is 0 Å². The SMILES string of the molecule is CCSCC(C)N1CCCC(N)C1=O. The molecule has 1 heterocycles. The van der Waals surface area contributed by atoms with Crippen LogP contribution in [0, 0.1) is 0 Å². The summed E-state index contributed by atoms with van der Waals surface area (Å²) in [5, 5.41) is 0.